The number of rotatable bonds is 1. The van der Waals surface area contributed by atoms with Gasteiger partial charge in [0.1, 0.15) is 5.60 Å². The first-order valence-corrected chi connectivity index (χ1v) is 5.63. The third kappa shape index (κ3) is 4.11. The molecule has 0 aliphatic carbocycles. The number of nitrogens with zero attached hydrogens (tertiary/aromatic N) is 1. The summed E-state index contributed by atoms with van der Waals surface area (Å²) in [4.78, 5) is 12.9. The first-order valence-electron chi connectivity index (χ1n) is 5.63. The second kappa shape index (κ2) is 4.76. The largest absolute Gasteiger partial charge is 0.444 e. The van der Waals surface area contributed by atoms with Crippen molar-refractivity contribution in [2.45, 2.75) is 51.2 Å². The van der Waals surface area contributed by atoms with Gasteiger partial charge in [0.2, 0.25) is 0 Å². The van der Waals surface area contributed by atoms with Crippen LogP contribution < -0.4 is 0 Å². The number of ether oxygens (including phenoxy) is 1. The van der Waals surface area contributed by atoms with Crippen LogP contribution in [-0.2, 0) is 4.74 Å². The van der Waals surface area contributed by atoms with Gasteiger partial charge in [-0.05, 0) is 20.8 Å². The number of aliphatic hydroxyl groups excluding tert-OH is 1. The fourth-order valence-electron chi connectivity index (χ4n) is 1.75. The predicted molar refractivity (Wildman–Crippen MR) is 58.0 cm³/mol. The molecular formula is C11H19F2NO3. The van der Waals surface area contributed by atoms with Gasteiger partial charge in [0.15, 0.2) is 0 Å². The van der Waals surface area contributed by atoms with E-state index in [0.29, 0.717) is 0 Å². The number of hydrogen-bond acceptors (Lipinski definition) is 3. The lowest BCUT2D eigenvalue weighted by Crippen LogP contribution is -2.52. The molecule has 6 heteroatoms. The van der Waals surface area contributed by atoms with Gasteiger partial charge in [-0.1, -0.05) is 0 Å². The third-order valence-electron chi connectivity index (χ3n) is 2.53. The summed E-state index contributed by atoms with van der Waals surface area (Å²) in [5, 5.41) is 9.06. The molecule has 4 nitrogen and oxygen atoms in total. The minimum Gasteiger partial charge on any atom is -0.444 e. The summed E-state index contributed by atoms with van der Waals surface area (Å²) in [5.74, 6) is -2.81. The fraction of sp³-hybridized carbons (Fsp3) is 0.909. The van der Waals surface area contributed by atoms with Gasteiger partial charge in [-0.3, -0.25) is 0 Å². The van der Waals surface area contributed by atoms with Crippen molar-refractivity contribution in [1.29, 1.82) is 0 Å². The van der Waals surface area contributed by atoms with Gasteiger partial charge in [-0.2, -0.15) is 0 Å². The van der Waals surface area contributed by atoms with Crippen LogP contribution >= 0.6 is 0 Å². The fourth-order valence-corrected chi connectivity index (χ4v) is 1.75. The molecule has 0 saturated carbocycles. The topological polar surface area (TPSA) is 49.8 Å². The summed E-state index contributed by atoms with van der Waals surface area (Å²) in [5.41, 5.74) is -0.670. The van der Waals surface area contributed by atoms with E-state index in [-0.39, 0.29) is 13.0 Å². The SMILES string of the molecule is CC(C)(C)OC(=O)N1CCC(F)(F)C[C@H]1CO. The van der Waals surface area contributed by atoms with Crippen LogP contribution in [0.4, 0.5) is 13.6 Å². The van der Waals surface area contributed by atoms with Gasteiger partial charge < -0.3 is 14.7 Å². The Morgan fingerprint density at radius 3 is 2.59 bits per heavy atom. The molecule has 0 aromatic rings. The molecule has 17 heavy (non-hydrogen) atoms. The Bertz CT molecular complexity index is 289. The van der Waals surface area contributed by atoms with Crippen molar-refractivity contribution in [3.8, 4) is 0 Å². The number of amides is 1. The van der Waals surface area contributed by atoms with Crippen molar-refractivity contribution in [3.05, 3.63) is 0 Å². The standard InChI is InChI=1S/C11H19F2NO3/c1-10(2,3)17-9(16)14-5-4-11(12,13)6-8(14)7-15/h8,15H,4-7H2,1-3H3/t8-/m0/s1. The van der Waals surface area contributed by atoms with Gasteiger partial charge in [0.05, 0.1) is 12.6 Å². The Labute approximate surface area is 99.5 Å². The molecule has 1 N–H and O–H groups in total. The Balaban J connectivity index is 2.67. The number of halogens is 2. The average molecular weight is 251 g/mol. The molecule has 0 radical (unpaired) electrons. The van der Waals surface area contributed by atoms with Crippen LogP contribution in [-0.4, -0.2) is 46.8 Å². The Hall–Kier alpha value is -0.910. The van der Waals surface area contributed by atoms with Crippen molar-refractivity contribution < 1.29 is 23.4 Å². The molecule has 1 fully saturated rings. The Morgan fingerprint density at radius 1 is 1.53 bits per heavy atom. The second-order valence-electron chi connectivity index (χ2n) is 5.32. The first kappa shape index (κ1) is 14.2. The number of likely N-dealkylation sites (tertiary alicyclic amines) is 1. The quantitative estimate of drug-likeness (QED) is 0.775. The minimum absolute atomic E-state index is 0.0901. The zero-order valence-corrected chi connectivity index (χ0v) is 10.4. The molecule has 1 atom stereocenters. The maximum atomic E-state index is 13.1. The van der Waals surface area contributed by atoms with Crippen LogP contribution in [0, 0.1) is 0 Å². The van der Waals surface area contributed by atoms with E-state index in [9.17, 15) is 13.6 Å². The summed E-state index contributed by atoms with van der Waals surface area (Å²) in [6.07, 6.45) is -1.54. The molecule has 1 amide bonds. The lowest BCUT2D eigenvalue weighted by atomic mass is 9.99. The Kier molecular flexibility index (Phi) is 3.96. The van der Waals surface area contributed by atoms with Gasteiger partial charge in [-0.25, -0.2) is 13.6 Å². The van der Waals surface area contributed by atoms with Gasteiger partial charge >= 0.3 is 6.09 Å². The van der Waals surface area contributed by atoms with Crippen LogP contribution in [0.15, 0.2) is 0 Å². The number of alkyl halides is 2. The van der Waals surface area contributed by atoms with E-state index in [1.165, 1.54) is 4.90 Å². The van der Waals surface area contributed by atoms with E-state index in [4.69, 9.17) is 9.84 Å². The number of aliphatic hydroxyl groups is 1. The van der Waals surface area contributed by atoms with E-state index in [0.717, 1.165) is 0 Å². The maximum absolute atomic E-state index is 13.1. The molecule has 0 spiro atoms. The lowest BCUT2D eigenvalue weighted by molar-refractivity contribution is -0.0879. The summed E-state index contributed by atoms with van der Waals surface area (Å²) >= 11 is 0. The van der Waals surface area contributed by atoms with Crippen LogP contribution in [0.25, 0.3) is 0 Å². The van der Waals surface area contributed by atoms with Crippen molar-refractivity contribution in [2.75, 3.05) is 13.2 Å². The maximum Gasteiger partial charge on any atom is 0.410 e. The van der Waals surface area contributed by atoms with Crippen LogP contribution in [0.5, 0.6) is 0 Å². The number of carbonyl (C=O) groups is 1. The molecule has 1 aliphatic heterocycles. The minimum atomic E-state index is -2.81. The number of carbonyl (C=O) groups excluding carboxylic acids is 1. The van der Waals surface area contributed by atoms with E-state index in [1.54, 1.807) is 20.8 Å². The van der Waals surface area contributed by atoms with Crippen LogP contribution in [0.2, 0.25) is 0 Å². The highest BCUT2D eigenvalue weighted by Crippen LogP contribution is 2.32. The van der Waals surface area contributed by atoms with E-state index >= 15 is 0 Å². The van der Waals surface area contributed by atoms with Crippen molar-refractivity contribution >= 4 is 6.09 Å². The smallest absolute Gasteiger partial charge is 0.410 e. The average Bonchev–Trinajstić information content (AvgIpc) is 2.13. The monoisotopic (exact) mass is 251 g/mol. The molecule has 100 valence electrons. The molecule has 1 saturated heterocycles. The molecule has 0 unspecified atom stereocenters. The van der Waals surface area contributed by atoms with Crippen molar-refractivity contribution in [1.82, 2.24) is 4.90 Å². The summed E-state index contributed by atoms with van der Waals surface area (Å²) in [7, 11) is 0. The molecular weight excluding hydrogens is 232 g/mol. The molecule has 1 aliphatic rings. The second-order valence-corrected chi connectivity index (χ2v) is 5.32. The molecule has 1 heterocycles. The highest BCUT2D eigenvalue weighted by atomic mass is 19.3. The van der Waals surface area contributed by atoms with E-state index < -0.39 is 36.7 Å². The van der Waals surface area contributed by atoms with Gasteiger partial charge in [-0.15, -0.1) is 0 Å². The molecule has 1 rings (SSSR count). The number of piperidine rings is 1. The molecule has 0 aromatic heterocycles. The van der Waals surface area contributed by atoms with Crippen molar-refractivity contribution in [3.63, 3.8) is 0 Å². The highest BCUT2D eigenvalue weighted by Gasteiger charge is 2.42. The third-order valence-corrected chi connectivity index (χ3v) is 2.53. The van der Waals surface area contributed by atoms with Gasteiger partial charge in [0, 0.05) is 19.4 Å². The van der Waals surface area contributed by atoms with Crippen LogP contribution in [0.1, 0.15) is 33.6 Å². The van der Waals surface area contributed by atoms with E-state index in [2.05, 4.69) is 0 Å². The molecule has 0 bridgehead atoms. The summed E-state index contributed by atoms with van der Waals surface area (Å²) < 4.78 is 31.4. The zero-order valence-electron chi connectivity index (χ0n) is 10.4. The summed E-state index contributed by atoms with van der Waals surface area (Å²) in [6.45, 7) is 4.55. The first-order chi connectivity index (χ1) is 7.64. The highest BCUT2D eigenvalue weighted by molar-refractivity contribution is 5.68. The predicted octanol–water partition coefficient (Wildman–Crippen LogP) is 2.01. The normalized spacial score (nSPS) is 24.6. The number of hydrogen-bond donors (Lipinski definition) is 1. The zero-order chi connectivity index (χ0) is 13.3. The van der Waals surface area contributed by atoms with Crippen molar-refractivity contribution in [2.24, 2.45) is 0 Å². The van der Waals surface area contributed by atoms with Gasteiger partial charge in [0.25, 0.3) is 5.92 Å². The lowest BCUT2D eigenvalue weighted by Gasteiger charge is -2.38. The Morgan fingerprint density at radius 2 is 2.12 bits per heavy atom. The molecule has 0 aromatic carbocycles. The van der Waals surface area contributed by atoms with Crippen LogP contribution in [0.3, 0.4) is 0 Å². The van der Waals surface area contributed by atoms with E-state index in [1.807, 2.05) is 0 Å². The summed E-state index contributed by atoms with van der Waals surface area (Å²) in [6, 6.07) is -0.867.